The number of aromatic nitrogens is 1. The summed E-state index contributed by atoms with van der Waals surface area (Å²) in [5, 5.41) is 9.90. The number of hydrogen-bond donors (Lipinski definition) is 2. The highest BCUT2D eigenvalue weighted by Gasteiger charge is 2.42. The second-order valence-corrected chi connectivity index (χ2v) is 8.62. The van der Waals surface area contributed by atoms with Crippen LogP contribution in [0.1, 0.15) is 39.3 Å². The first-order valence-electron chi connectivity index (χ1n) is 8.32. The van der Waals surface area contributed by atoms with Gasteiger partial charge in [-0.15, -0.1) is 0 Å². The highest BCUT2D eigenvalue weighted by molar-refractivity contribution is 9.10. The van der Waals surface area contributed by atoms with Gasteiger partial charge in [0.2, 0.25) is 0 Å². The van der Waals surface area contributed by atoms with E-state index >= 15 is 0 Å². The van der Waals surface area contributed by atoms with Crippen molar-refractivity contribution in [1.29, 1.82) is 0 Å². The lowest BCUT2D eigenvalue weighted by atomic mass is 9.74. The zero-order valence-electron chi connectivity index (χ0n) is 14.8. The van der Waals surface area contributed by atoms with Gasteiger partial charge in [-0.3, -0.25) is 0 Å². The molecule has 3 N–H and O–H groups in total. The van der Waals surface area contributed by atoms with Gasteiger partial charge >= 0.3 is 6.09 Å². The Morgan fingerprint density at radius 3 is 2.80 bits per heavy atom. The van der Waals surface area contributed by atoms with E-state index < -0.39 is 6.09 Å². The molecule has 1 aromatic heterocycles. The summed E-state index contributed by atoms with van der Waals surface area (Å²) in [5.41, 5.74) is 6.15. The Bertz CT molecular complexity index is 636. The van der Waals surface area contributed by atoms with Gasteiger partial charge in [0, 0.05) is 25.0 Å². The number of halogens is 2. The SMILES string of the molecule is CC(C)(C)C1[C@H](COc2cc(Br)c(Cl)nc2CN)CCCN1C(=O)O. The number of ether oxygens (including phenoxy) is 1. The van der Waals surface area contributed by atoms with Gasteiger partial charge in [0.15, 0.2) is 0 Å². The van der Waals surface area contributed by atoms with Crippen molar-refractivity contribution in [1.82, 2.24) is 9.88 Å². The fourth-order valence-corrected chi connectivity index (χ4v) is 4.05. The summed E-state index contributed by atoms with van der Waals surface area (Å²) in [5.74, 6) is 0.684. The van der Waals surface area contributed by atoms with Gasteiger partial charge in [-0.05, 0) is 40.3 Å². The Hall–Kier alpha value is -1.05. The zero-order chi connectivity index (χ0) is 18.8. The van der Waals surface area contributed by atoms with Crippen LogP contribution >= 0.6 is 27.5 Å². The van der Waals surface area contributed by atoms with Crippen LogP contribution in [-0.2, 0) is 6.54 Å². The minimum atomic E-state index is -0.872. The average molecular weight is 435 g/mol. The van der Waals surface area contributed by atoms with E-state index in [2.05, 4.69) is 41.7 Å². The molecule has 0 aromatic carbocycles. The van der Waals surface area contributed by atoms with Crippen LogP contribution in [-0.4, -0.2) is 40.3 Å². The quantitative estimate of drug-likeness (QED) is 0.695. The van der Waals surface area contributed by atoms with Crippen molar-refractivity contribution in [3.8, 4) is 5.75 Å². The van der Waals surface area contributed by atoms with Gasteiger partial charge in [0.05, 0.1) is 16.8 Å². The molecule has 1 aliphatic rings. The van der Waals surface area contributed by atoms with Gasteiger partial charge in [0.25, 0.3) is 0 Å². The molecule has 0 radical (unpaired) electrons. The Balaban J connectivity index is 2.20. The molecule has 1 unspecified atom stereocenters. The van der Waals surface area contributed by atoms with Crippen LogP contribution < -0.4 is 10.5 Å². The lowest BCUT2D eigenvalue weighted by Crippen LogP contribution is -2.55. The predicted molar refractivity (Wildman–Crippen MR) is 101 cm³/mol. The lowest BCUT2D eigenvalue weighted by molar-refractivity contribution is 0.00657. The molecule has 2 rings (SSSR count). The van der Waals surface area contributed by atoms with Crippen molar-refractivity contribution in [3.05, 3.63) is 21.4 Å². The second kappa shape index (κ2) is 8.10. The highest BCUT2D eigenvalue weighted by atomic mass is 79.9. The third-order valence-electron chi connectivity index (χ3n) is 4.51. The van der Waals surface area contributed by atoms with E-state index in [1.165, 1.54) is 0 Å². The van der Waals surface area contributed by atoms with Gasteiger partial charge < -0.3 is 20.5 Å². The molecular formula is C17H25BrClN3O3. The molecule has 25 heavy (non-hydrogen) atoms. The smallest absolute Gasteiger partial charge is 0.407 e. The largest absolute Gasteiger partial charge is 0.491 e. The van der Waals surface area contributed by atoms with E-state index in [1.807, 2.05) is 0 Å². The van der Waals surface area contributed by atoms with Gasteiger partial charge in [-0.2, -0.15) is 0 Å². The maximum absolute atomic E-state index is 11.7. The molecule has 1 amide bonds. The predicted octanol–water partition coefficient (Wildman–Crippen LogP) is 4.14. The van der Waals surface area contributed by atoms with Crippen molar-refractivity contribution in [2.75, 3.05) is 13.2 Å². The van der Waals surface area contributed by atoms with Crippen LogP contribution in [0.2, 0.25) is 5.15 Å². The molecular weight excluding hydrogens is 410 g/mol. The molecule has 1 aromatic rings. The van der Waals surface area contributed by atoms with Gasteiger partial charge in [-0.25, -0.2) is 9.78 Å². The number of amides is 1. The first kappa shape index (κ1) is 20.3. The monoisotopic (exact) mass is 433 g/mol. The van der Waals surface area contributed by atoms with E-state index in [1.54, 1.807) is 11.0 Å². The Morgan fingerprint density at radius 2 is 2.24 bits per heavy atom. The van der Waals surface area contributed by atoms with Crippen LogP contribution in [0.3, 0.4) is 0 Å². The number of rotatable bonds is 4. The van der Waals surface area contributed by atoms with Crippen molar-refractivity contribution in [3.63, 3.8) is 0 Å². The molecule has 1 fully saturated rings. The highest BCUT2D eigenvalue weighted by Crippen LogP contribution is 2.37. The van der Waals surface area contributed by atoms with Gasteiger partial charge in [-0.1, -0.05) is 32.4 Å². The summed E-state index contributed by atoms with van der Waals surface area (Å²) >= 11 is 9.36. The standard InChI is InChI=1S/C17H25BrClN3O3/c1-17(2,3)14-10(5-4-6-22(14)16(23)24)9-25-13-7-11(18)15(19)21-12(13)8-20/h7,10,14H,4-6,8-9,20H2,1-3H3,(H,23,24)/t10-,14?/m0/s1. The Labute approximate surface area is 161 Å². The molecule has 2 atom stereocenters. The molecule has 2 heterocycles. The van der Waals surface area contributed by atoms with E-state index in [0.29, 0.717) is 34.2 Å². The van der Waals surface area contributed by atoms with E-state index in [-0.39, 0.29) is 23.9 Å². The summed E-state index contributed by atoms with van der Waals surface area (Å²) < 4.78 is 6.65. The minimum absolute atomic E-state index is 0.102. The topological polar surface area (TPSA) is 88.7 Å². The Morgan fingerprint density at radius 1 is 1.56 bits per heavy atom. The normalized spacial score (nSPS) is 21.3. The lowest BCUT2D eigenvalue weighted by Gasteiger charge is -2.46. The van der Waals surface area contributed by atoms with E-state index in [9.17, 15) is 9.90 Å². The second-order valence-electron chi connectivity index (χ2n) is 7.41. The van der Waals surface area contributed by atoms with E-state index in [4.69, 9.17) is 22.1 Å². The van der Waals surface area contributed by atoms with Crippen molar-refractivity contribution >= 4 is 33.6 Å². The summed E-state index contributed by atoms with van der Waals surface area (Å²) in [6, 6.07) is 1.66. The van der Waals surface area contributed by atoms with Crippen LogP contribution in [0.15, 0.2) is 10.5 Å². The van der Waals surface area contributed by atoms with Crippen LogP contribution in [0.4, 0.5) is 4.79 Å². The van der Waals surface area contributed by atoms with Crippen LogP contribution in [0, 0.1) is 11.3 Å². The summed E-state index contributed by atoms with van der Waals surface area (Å²) in [6.07, 6.45) is 0.883. The number of likely N-dealkylation sites (tertiary alicyclic amines) is 1. The molecule has 140 valence electrons. The maximum Gasteiger partial charge on any atom is 0.407 e. The minimum Gasteiger partial charge on any atom is -0.491 e. The number of hydrogen-bond acceptors (Lipinski definition) is 4. The molecule has 0 aliphatic carbocycles. The molecule has 0 saturated carbocycles. The number of carboxylic acid groups (broad SMARTS) is 1. The zero-order valence-corrected chi connectivity index (χ0v) is 17.1. The molecule has 0 bridgehead atoms. The average Bonchev–Trinajstić information content (AvgIpc) is 2.54. The third kappa shape index (κ3) is 4.77. The summed E-state index contributed by atoms with van der Waals surface area (Å²) in [7, 11) is 0. The van der Waals surface area contributed by atoms with Crippen LogP contribution in [0.5, 0.6) is 5.75 Å². The number of piperidine rings is 1. The number of nitrogens with two attached hydrogens (primary N) is 1. The number of carbonyl (C=O) groups is 1. The number of nitrogens with zero attached hydrogens (tertiary/aromatic N) is 2. The third-order valence-corrected chi connectivity index (χ3v) is 5.63. The fourth-order valence-electron chi connectivity index (χ4n) is 3.59. The van der Waals surface area contributed by atoms with Crippen molar-refractivity contribution < 1.29 is 14.6 Å². The summed E-state index contributed by atoms with van der Waals surface area (Å²) in [4.78, 5) is 17.4. The molecule has 8 heteroatoms. The fraction of sp³-hybridized carbons (Fsp3) is 0.647. The van der Waals surface area contributed by atoms with Crippen molar-refractivity contribution in [2.24, 2.45) is 17.1 Å². The summed E-state index contributed by atoms with van der Waals surface area (Å²) in [6.45, 7) is 7.40. The van der Waals surface area contributed by atoms with E-state index in [0.717, 1.165) is 12.8 Å². The van der Waals surface area contributed by atoms with Crippen molar-refractivity contribution in [2.45, 2.75) is 46.2 Å². The molecule has 1 aliphatic heterocycles. The number of pyridine rings is 1. The first-order chi connectivity index (χ1) is 11.6. The molecule has 1 saturated heterocycles. The van der Waals surface area contributed by atoms with Crippen LogP contribution in [0.25, 0.3) is 0 Å². The molecule has 0 spiro atoms. The van der Waals surface area contributed by atoms with Gasteiger partial charge in [0.1, 0.15) is 10.9 Å². The molecule has 6 nitrogen and oxygen atoms in total. The maximum atomic E-state index is 11.7. The first-order valence-corrected chi connectivity index (χ1v) is 9.49. The Kier molecular flexibility index (Phi) is 6.56.